The lowest BCUT2D eigenvalue weighted by atomic mass is 9.99. The number of benzene rings is 3. The van der Waals surface area contributed by atoms with E-state index in [1.54, 1.807) is 0 Å². The van der Waals surface area contributed by atoms with E-state index in [2.05, 4.69) is 29.6 Å². The molecule has 0 saturated carbocycles. The van der Waals surface area contributed by atoms with E-state index in [0.29, 0.717) is 6.42 Å². The first kappa shape index (κ1) is 22.3. The van der Waals surface area contributed by atoms with Gasteiger partial charge in [0.1, 0.15) is 0 Å². The summed E-state index contributed by atoms with van der Waals surface area (Å²) in [4.78, 5) is 23.6. The van der Waals surface area contributed by atoms with Gasteiger partial charge in [-0.1, -0.05) is 42.5 Å². The molecule has 1 aliphatic rings. The molecule has 4 rings (SSSR count). The maximum absolute atomic E-state index is 11.9. The molecule has 170 valence electrons. The van der Waals surface area contributed by atoms with Crippen molar-refractivity contribution >= 4 is 22.7 Å². The Kier molecular flexibility index (Phi) is 6.30. The van der Waals surface area contributed by atoms with E-state index in [4.69, 9.17) is 9.47 Å². The molecule has 3 aromatic rings. The van der Waals surface area contributed by atoms with E-state index >= 15 is 0 Å². The molecule has 2 unspecified atom stereocenters. The summed E-state index contributed by atoms with van der Waals surface area (Å²) in [6.45, 7) is 2.02. The molecule has 0 fully saturated rings. The number of rotatable bonds is 6. The first-order valence-corrected chi connectivity index (χ1v) is 10.4. The maximum atomic E-state index is 11.9. The normalized spacial score (nSPS) is 16.2. The molecule has 1 heterocycles. The number of aromatic hydroxyl groups is 2. The Balaban J connectivity index is 1.52. The number of ether oxygens (including phenoxy) is 2. The molecular formula is C25H23NO7. The lowest BCUT2D eigenvalue weighted by Gasteiger charge is -2.21. The van der Waals surface area contributed by atoms with Crippen molar-refractivity contribution in [3.05, 3.63) is 71.8 Å². The van der Waals surface area contributed by atoms with Crippen LogP contribution in [0.5, 0.6) is 23.0 Å². The molecule has 1 aliphatic heterocycles. The number of esters is 2. The number of aliphatic hydroxyl groups is 1. The van der Waals surface area contributed by atoms with Gasteiger partial charge in [-0.05, 0) is 35.7 Å². The number of carbonyl (C=O) groups is 2. The Labute approximate surface area is 189 Å². The van der Waals surface area contributed by atoms with Crippen molar-refractivity contribution in [2.45, 2.75) is 25.5 Å². The van der Waals surface area contributed by atoms with Crippen LogP contribution in [0.2, 0.25) is 0 Å². The highest BCUT2D eigenvalue weighted by molar-refractivity contribution is 5.95. The van der Waals surface area contributed by atoms with Crippen LogP contribution < -0.4 is 14.8 Å². The maximum Gasteiger partial charge on any atom is 0.336 e. The average molecular weight is 449 g/mol. The van der Waals surface area contributed by atoms with Crippen molar-refractivity contribution < 1.29 is 34.4 Å². The summed E-state index contributed by atoms with van der Waals surface area (Å²) in [6.07, 6.45) is 1.10. The predicted octanol–water partition coefficient (Wildman–Crippen LogP) is 2.89. The van der Waals surface area contributed by atoms with Crippen molar-refractivity contribution in [3.8, 4) is 23.0 Å². The zero-order valence-corrected chi connectivity index (χ0v) is 17.8. The van der Waals surface area contributed by atoms with Crippen molar-refractivity contribution in [2.24, 2.45) is 0 Å². The van der Waals surface area contributed by atoms with Crippen LogP contribution in [0.25, 0.3) is 10.8 Å². The number of aliphatic hydroxyl groups excluding tert-OH is 1. The van der Waals surface area contributed by atoms with Crippen LogP contribution in [0.15, 0.2) is 60.7 Å². The minimum Gasteiger partial charge on any atom is -0.504 e. The number of hydrogen-bond acceptors (Lipinski definition) is 8. The van der Waals surface area contributed by atoms with E-state index in [9.17, 15) is 24.9 Å². The monoisotopic (exact) mass is 449 g/mol. The number of hydrogen-bond donors (Lipinski definition) is 4. The molecule has 0 aromatic heterocycles. The summed E-state index contributed by atoms with van der Waals surface area (Å²) in [7, 11) is 0. The summed E-state index contributed by atoms with van der Waals surface area (Å²) in [6, 6.07) is 15.3. The topological polar surface area (TPSA) is 125 Å². The van der Waals surface area contributed by atoms with Gasteiger partial charge in [0, 0.05) is 30.3 Å². The Morgan fingerprint density at radius 3 is 2.36 bits per heavy atom. The Morgan fingerprint density at radius 2 is 1.61 bits per heavy atom. The van der Waals surface area contributed by atoms with E-state index in [-0.39, 0.29) is 23.9 Å². The van der Waals surface area contributed by atoms with Gasteiger partial charge in [-0.3, -0.25) is 0 Å². The first-order valence-electron chi connectivity index (χ1n) is 10.4. The van der Waals surface area contributed by atoms with Gasteiger partial charge >= 0.3 is 11.9 Å². The smallest absolute Gasteiger partial charge is 0.336 e. The van der Waals surface area contributed by atoms with Crippen LogP contribution in [-0.4, -0.2) is 39.8 Å². The van der Waals surface area contributed by atoms with Gasteiger partial charge in [0.05, 0.1) is 6.10 Å². The third-order valence-electron chi connectivity index (χ3n) is 5.40. The summed E-state index contributed by atoms with van der Waals surface area (Å²) >= 11 is 0. The summed E-state index contributed by atoms with van der Waals surface area (Å²) in [5.74, 6) is -4.17. The van der Waals surface area contributed by atoms with Gasteiger partial charge < -0.3 is 30.1 Å². The van der Waals surface area contributed by atoms with E-state index < -0.39 is 35.3 Å². The molecule has 0 radical (unpaired) electrons. The van der Waals surface area contributed by atoms with Gasteiger partial charge in [0.2, 0.25) is 11.5 Å². The van der Waals surface area contributed by atoms with Crippen LogP contribution in [0, 0.1) is 0 Å². The number of fused-ring (bicyclic) bond motifs is 3. The zero-order chi connectivity index (χ0) is 23.5. The van der Waals surface area contributed by atoms with Gasteiger partial charge in [-0.25, -0.2) is 9.59 Å². The molecule has 8 heteroatoms. The van der Waals surface area contributed by atoms with Crippen molar-refractivity contribution in [3.63, 3.8) is 0 Å². The summed E-state index contributed by atoms with van der Waals surface area (Å²) in [5.41, 5.74) is 1.13. The molecule has 2 bridgehead atoms. The number of carbonyl (C=O) groups excluding carboxylic acids is 2. The highest BCUT2D eigenvalue weighted by atomic mass is 16.6. The second-order valence-electron chi connectivity index (χ2n) is 7.83. The molecule has 2 atom stereocenters. The van der Waals surface area contributed by atoms with Crippen LogP contribution in [0.1, 0.15) is 24.2 Å². The second-order valence-corrected chi connectivity index (χ2v) is 7.83. The van der Waals surface area contributed by atoms with E-state index in [1.165, 1.54) is 0 Å². The Hall–Kier alpha value is -3.88. The number of phenolic OH excluding ortho intramolecular Hbond substituents is 2. The lowest BCUT2D eigenvalue weighted by molar-refractivity contribution is -0.131. The van der Waals surface area contributed by atoms with Crippen LogP contribution in [0.3, 0.4) is 0 Å². The van der Waals surface area contributed by atoms with Crippen molar-refractivity contribution in [1.29, 1.82) is 0 Å². The summed E-state index contributed by atoms with van der Waals surface area (Å²) < 4.78 is 9.97. The van der Waals surface area contributed by atoms with Gasteiger partial charge in [0.15, 0.2) is 11.5 Å². The van der Waals surface area contributed by atoms with Crippen molar-refractivity contribution in [1.82, 2.24) is 5.32 Å². The molecule has 0 spiro atoms. The van der Waals surface area contributed by atoms with Crippen LogP contribution in [0.4, 0.5) is 0 Å². The van der Waals surface area contributed by atoms with Gasteiger partial charge in [-0.2, -0.15) is 0 Å². The molecule has 0 amide bonds. The van der Waals surface area contributed by atoms with Gasteiger partial charge in [0.25, 0.3) is 0 Å². The standard InChI is InChI=1S/C25H23NO7/c1-14(11-16-7-4-6-15-5-2-3-8-17(15)16)26-13-20(28)18-12-19(27)25-23(31)24(18)32-21(29)9-10-22(30)33-25/h2-10,12,14,20,26-28,31H,11,13H2,1H3/b10-9+. The molecule has 33 heavy (non-hydrogen) atoms. The number of nitrogens with one attached hydrogen (secondary N) is 1. The Bertz CT molecular complexity index is 1250. The fourth-order valence-electron chi connectivity index (χ4n) is 3.80. The predicted molar refractivity (Wildman–Crippen MR) is 120 cm³/mol. The minimum atomic E-state index is -1.24. The van der Waals surface area contributed by atoms with Crippen LogP contribution >= 0.6 is 0 Å². The molecule has 8 nitrogen and oxygen atoms in total. The van der Waals surface area contributed by atoms with Crippen molar-refractivity contribution in [2.75, 3.05) is 6.54 Å². The third-order valence-corrected chi connectivity index (χ3v) is 5.40. The molecular weight excluding hydrogens is 426 g/mol. The van der Waals surface area contributed by atoms with Crippen LogP contribution in [-0.2, 0) is 16.0 Å². The fourth-order valence-corrected chi connectivity index (χ4v) is 3.80. The molecule has 0 saturated heterocycles. The lowest BCUT2D eigenvalue weighted by Crippen LogP contribution is -2.32. The zero-order valence-electron chi connectivity index (χ0n) is 17.8. The average Bonchev–Trinajstić information content (AvgIpc) is 2.83. The van der Waals surface area contributed by atoms with E-state index in [0.717, 1.165) is 34.6 Å². The minimum absolute atomic E-state index is 0.0242. The van der Waals surface area contributed by atoms with E-state index in [1.807, 2.05) is 25.1 Å². The molecule has 4 N–H and O–H groups in total. The molecule has 0 aliphatic carbocycles. The quantitative estimate of drug-likeness (QED) is 0.334. The SMILES string of the molecule is CC(Cc1cccc2ccccc12)NCC(O)c1cc(O)c2c(O)c1OC(=O)/C=C/C(=O)O2. The summed E-state index contributed by atoms with van der Waals surface area (Å²) in [5, 5.41) is 36.9. The highest BCUT2D eigenvalue weighted by Gasteiger charge is 2.28. The molecule has 3 aromatic carbocycles. The second kappa shape index (κ2) is 9.32. The Morgan fingerprint density at radius 1 is 0.939 bits per heavy atom. The number of phenols is 2. The highest BCUT2D eigenvalue weighted by Crippen LogP contribution is 2.47. The fraction of sp³-hybridized carbons (Fsp3) is 0.200. The van der Waals surface area contributed by atoms with Gasteiger partial charge in [-0.15, -0.1) is 0 Å². The third kappa shape index (κ3) is 4.82. The first-order chi connectivity index (χ1) is 15.8. The largest absolute Gasteiger partial charge is 0.504 e.